The second-order valence-corrected chi connectivity index (χ2v) is 7.83. The first kappa shape index (κ1) is 18.8. The van der Waals surface area contributed by atoms with Gasteiger partial charge in [0.1, 0.15) is 10.7 Å². The molecule has 3 aromatic rings. The first-order chi connectivity index (χ1) is 12.5. The molecule has 26 heavy (non-hydrogen) atoms. The minimum Gasteiger partial charge on any atom is -0.347 e. The molecule has 9 heteroatoms. The predicted molar refractivity (Wildman–Crippen MR) is 105 cm³/mol. The van der Waals surface area contributed by atoms with E-state index in [2.05, 4.69) is 15.4 Å². The lowest BCUT2D eigenvalue weighted by molar-refractivity contribution is 0.0942. The Bertz CT molecular complexity index is 906. The minimum absolute atomic E-state index is 0.192. The second kappa shape index (κ2) is 8.18. The van der Waals surface area contributed by atoms with Gasteiger partial charge in [0.25, 0.3) is 5.91 Å². The van der Waals surface area contributed by atoms with Crippen molar-refractivity contribution in [1.82, 2.24) is 20.1 Å². The van der Waals surface area contributed by atoms with E-state index in [0.29, 0.717) is 38.6 Å². The number of aromatic nitrogens is 3. The molecule has 6 nitrogen and oxygen atoms in total. The number of nitrogens with two attached hydrogens (primary N) is 1. The van der Waals surface area contributed by atoms with Crippen LogP contribution in [0.2, 0.25) is 9.36 Å². The molecule has 0 saturated heterocycles. The van der Waals surface area contributed by atoms with Crippen LogP contribution >= 0.6 is 34.5 Å². The molecule has 0 saturated carbocycles. The van der Waals surface area contributed by atoms with Gasteiger partial charge in [0.2, 0.25) is 0 Å². The van der Waals surface area contributed by atoms with Gasteiger partial charge in [-0.25, -0.2) is 9.67 Å². The Morgan fingerprint density at radius 2 is 2.08 bits per heavy atom. The summed E-state index contributed by atoms with van der Waals surface area (Å²) in [7, 11) is 1.77. The largest absolute Gasteiger partial charge is 0.347 e. The molecule has 0 aliphatic rings. The predicted octanol–water partition coefficient (Wildman–Crippen LogP) is 3.15. The van der Waals surface area contributed by atoms with E-state index in [-0.39, 0.29) is 11.9 Å². The molecule has 3 N–H and O–H groups in total. The van der Waals surface area contributed by atoms with Gasteiger partial charge in [-0.3, -0.25) is 4.79 Å². The molecule has 0 bridgehead atoms. The van der Waals surface area contributed by atoms with Crippen LogP contribution in [-0.4, -0.2) is 33.3 Å². The smallest absolute Gasteiger partial charge is 0.261 e. The van der Waals surface area contributed by atoms with Gasteiger partial charge < -0.3 is 11.1 Å². The van der Waals surface area contributed by atoms with E-state index < -0.39 is 0 Å². The normalized spacial score (nSPS) is 12.2. The molecular weight excluding hydrogens is 393 g/mol. The first-order valence-electron chi connectivity index (χ1n) is 7.87. The lowest BCUT2D eigenvalue weighted by atomic mass is 10.1. The van der Waals surface area contributed by atoms with Crippen molar-refractivity contribution in [2.24, 2.45) is 12.8 Å². The van der Waals surface area contributed by atoms with E-state index in [1.165, 1.54) is 17.7 Å². The van der Waals surface area contributed by atoms with Crippen molar-refractivity contribution in [3.63, 3.8) is 0 Å². The topological polar surface area (TPSA) is 85.8 Å². The number of nitrogens with zero attached hydrogens (tertiary/aromatic N) is 3. The van der Waals surface area contributed by atoms with Crippen LogP contribution < -0.4 is 11.1 Å². The van der Waals surface area contributed by atoms with Gasteiger partial charge >= 0.3 is 0 Å². The third-order valence-electron chi connectivity index (χ3n) is 3.88. The molecule has 2 aromatic heterocycles. The summed E-state index contributed by atoms with van der Waals surface area (Å²) in [6.45, 7) is 0.323. The molecule has 1 unspecified atom stereocenters. The molecular formula is C17H17Cl2N5OS. The number of hydrogen-bond donors (Lipinski definition) is 2. The van der Waals surface area contributed by atoms with Crippen LogP contribution in [0.15, 0.2) is 36.7 Å². The van der Waals surface area contributed by atoms with Crippen LogP contribution in [0, 0.1) is 0 Å². The van der Waals surface area contributed by atoms with Gasteiger partial charge in [-0.2, -0.15) is 5.10 Å². The number of thiophene rings is 1. The average Bonchev–Trinajstić information content (AvgIpc) is 3.21. The fourth-order valence-corrected chi connectivity index (χ4v) is 3.82. The molecule has 1 aromatic carbocycles. The van der Waals surface area contributed by atoms with E-state index in [4.69, 9.17) is 28.9 Å². The molecule has 0 aliphatic carbocycles. The molecule has 0 spiro atoms. The Hall–Kier alpha value is -1.93. The van der Waals surface area contributed by atoms with Crippen molar-refractivity contribution in [3.05, 3.63) is 56.5 Å². The number of carbonyl (C=O) groups is 1. The lowest BCUT2D eigenvalue weighted by Gasteiger charge is -2.16. The summed E-state index contributed by atoms with van der Waals surface area (Å²) in [5.41, 5.74) is 7.56. The van der Waals surface area contributed by atoms with E-state index >= 15 is 0 Å². The summed E-state index contributed by atoms with van der Waals surface area (Å²) in [5, 5.41) is 7.66. The summed E-state index contributed by atoms with van der Waals surface area (Å²) in [6, 6.07) is 9.01. The summed E-state index contributed by atoms with van der Waals surface area (Å²) in [5.74, 6) is 0.400. The van der Waals surface area contributed by atoms with Crippen molar-refractivity contribution in [2.45, 2.75) is 12.5 Å². The number of halogens is 2. The van der Waals surface area contributed by atoms with Crippen molar-refractivity contribution < 1.29 is 4.79 Å². The zero-order chi connectivity index (χ0) is 18.7. The van der Waals surface area contributed by atoms with Crippen LogP contribution in [0.25, 0.3) is 11.4 Å². The number of benzene rings is 1. The number of aryl methyl sites for hydroxylation is 1. The second-order valence-electron chi connectivity index (χ2n) is 5.74. The number of nitrogens with one attached hydrogen (secondary N) is 1. The fraction of sp³-hybridized carbons (Fsp3) is 0.235. The van der Waals surface area contributed by atoms with Crippen LogP contribution in [0.3, 0.4) is 0 Å². The van der Waals surface area contributed by atoms with Crippen molar-refractivity contribution >= 4 is 40.4 Å². The first-order valence-corrected chi connectivity index (χ1v) is 9.44. The third-order valence-corrected chi connectivity index (χ3v) is 5.49. The maximum atomic E-state index is 12.6. The lowest BCUT2D eigenvalue weighted by Crippen LogP contribution is -2.41. The highest BCUT2D eigenvalue weighted by Gasteiger charge is 2.20. The van der Waals surface area contributed by atoms with Crippen LogP contribution in [0.5, 0.6) is 0 Å². The highest BCUT2D eigenvalue weighted by molar-refractivity contribution is 7.18. The Balaban J connectivity index is 1.72. The Morgan fingerprint density at radius 1 is 1.35 bits per heavy atom. The number of amides is 1. The molecule has 1 amide bonds. The Morgan fingerprint density at radius 3 is 2.69 bits per heavy atom. The number of rotatable bonds is 6. The molecule has 2 heterocycles. The van der Waals surface area contributed by atoms with Crippen molar-refractivity contribution in [3.8, 4) is 11.4 Å². The quantitative estimate of drug-likeness (QED) is 0.654. The van der Waals surface area contributed by atoms with E-state index in [1.807, 2.05) is 24.3 Å². The van der Waals surface area contributed by atoms with Crippen LogP contribution in [0.4, 0.5) is 0 Å². The number of hydrogen-bond acceptors (Lipinski definition) is 5. The van der Waals surface area contributed by atoms with Gasteiger partial charge in [-0.05, 0) is 30.2 Å². The van der Waals surface area contributed by atoms with Gasteiger partial charge in [-0.1, -0.05) is 35.3 Å². The molecule has 0 aliphatic heterocycles. The highest BCUT2D eigenvalue weighted by atomic mass is 35.5. The molecule has 0 radical (unpaired) electrons. The Kier molecular flexibility index (Phi) is 5.93. The summed E-state index contributed by atoms with van der Waals surface area (Å²) >= 11 is 13.4. The van der Waals surface area contributed by atoms with Gasteiger partial charge in [0.15, 0.2) is 5.82 Å². The van der Waals surface area contributed by atoms with Gasteiger partial charge in [0, 0.05) is 30.2 Å². The van der Waals surface area contributed by atoms with E-state index in [1.54, 1.807) is 17.8 Å². The van der Waals surface area contributed by atoms with Gasteiger partial charge in [-0.15, -0.1) is 11.3 Å². The molecule has 0 fully saturated rings. The standard InChI is InChI=1S/C17H17Cl2N5OS/c1-24-16(21-9-22-24)13-7-14(26-15(13)19)17(25)23-12(8-20)6-10-2-4-11(18)5-3-10/h2-5,7,9,12H,6,8,20H2,1H3,(H,23,25). The van der Waals surface area contributed by atoms with E-state index in [0.717, 1.165) is 5.56 Å². The Labute approximate surface area is 164 Å². The third kappa shape index (κ3) is 4.24. The number of carbonyl (C=O) groups excluding carboxylic acids is 1. The average molecular weight is 410 g/mol. The van der Waals surface area contributed by atoms with Crippen molar-refractivity contribution in [2.75, 3.05) is 6.54 Å². The molecule has 3 rings (SSSR count). The maximum absolute atomic E-state index is 12.6. The SMILES string of the molecule is Cn1ncnc1-c1cc(C(=O)NC(CN)Cc2ccc(Cl)cc2)sc1Cl. The summed E-state index contributed by atoms with van der Waals surface area (Å²) in [4.78, 5) is 17.3. The van der Waals surface area contributed by atoms with Gasteiger partial charge in [0.05, 0.1) is 4.88 Å². The molecule has 136 valence electrons. The minimum atomic E-state index is -0.213. The maximum Gasteiger partial charge on any atom is 0.261 e. The summed E-state index contributed by atoms with van der Waals surface area (Å²) in [6.07, 6.45) is 2.06. The molecule has 1 atom stereocenters. The van der Waals surface area contributed by atoms with Crippen LogP contribution in [0.1, 0.15) is 15.2 Å². The highest BCUT2D eigenvalue weighted by Crippen LogP contribution is 2.34. The zero-order valence-electron chi connectivity index (χ0n) is 13.9. The summed E-state index contributed by atoms with van der Waals surface area (Å²) < 4.78 is 2.10. The fourth-order valence-electron chi connectivity index (χ4n) is 2.53. The van der Waals surface area contributed by atoms with Crippen molar-refractivity contribution in [1.29, 1.82) is 0 Å². The van der Waals surface area contributed by atoms with E-state index in [9.17, 15) is 4.79 Å². The monoisotopic (exact) mass is 409 g/mol. The zero-order valence-corrected chi connectivity index (χ0v) is 16.3. The van der Waals surface area contributed by atoms with Crippen LogP contribution in [-0.2, 0) is 13.5 Å².